The number of carbonyl (C=O) groups excluding carboxylic acids is 1. The zero-order valence-corrected chi connectivity index (χ0v) is 14.4. The molecule has 0 fully saturated rings. The van der Waals surface area contributed by atoms with Crippen molar-refractivity contribution in [2.24, 2.45) is 0 Å². The smallest absolute Gasteiger partial charge is 0.226 e. The molecule has 0 aromatic heterocycles. The number of benzene rings is 1. The Morgan fingerprint density at radius 3 is 2.38 bits per heavy atom. The van der Waals surface area contributed by atoms with E-state index in [1.54, 1.807) is 18.2 Å². The molecule has 0 saturated heterocycles. The first-order chi connectivity index (χ1) is 10.0. The van der Waals surface area contributed by atoms with E-state index in [1.807, 2.05) is 0 Å². The van der Waals surface area contributed by atoms with Crippen molar-refractivity contribution in [3.8, 4) is 0 Å². The molecule has 0 atom stereocenters. The van der Waals surface area contributed by atoms with Crippen LogP contribution in [0.15, 0.2) is 18.2 Å². The minimum Gasteiger partial charge on any atom is -0.330 e. The van der Waals surface area contributed by atoms with E-state index < -0.39 is 0 Å². The summed E-state index contributed by atoms with van der Waals surface area (Å²) in [6, 6.07) is 5.15. The van der Waals surface area contributed by atoms with Crippen molar-refractivity contribution in [1.29, 1.82) is 0 Å². The number of anilines is 1. The van der Waals surface area contributed by atoms with Crippen LogP contribution in [-0.2, 0) is 4.79 Å². The van der Waals surface area contributed by atoms with E-state index in [4.69, 9.17) is 35.4 Å². The predicted octanol–water partition coefficient (Wildman–Crippen LogP) is 5.17. The Balaban J connectivity index is 2.35. The van der Waals surface area contributed by atoms with Gasteiger partial charge in [-0.3, -0.25) is 4.79 Å². The van der Waals surface area contributed by atoms with Crippen molar-refractivity contribution < 1.29 is 4.79 Å². The van der Waals surface area contributed by atoms with Gasteiger partial charge in [-0.1, -0.05) is 61.9 Å². The topological polar surface area (TPSA) is 41.1 Å². The zero-order valence-electron chi connectivity index (χ0n) is 12.0. The molecule has 0 aliphatic carbocycles. The van der Waals surface area contributed by atoms with Gasteiger partial charge in [0, 0.05) is 6.42 Å². The Labute approximate surface area is 141 Å². The van der Waals surface area contributed by atoms with Gasteiger partial charge in [-0.2, -0.15) is 0 Å². The van der Waals surface area contributed by atoms with Crippen LogP contribution in [-0.4, -0.2) is 11.0 Å². The van der Waals surface area contributed by atoms with E-state index >= 15 is 0 Å². The normalized spacial score (nSPS) is 10.2. The van der Waals surface area contributed by atoms with Crippen LogP contribution >= 0.6 is 35.4 Å². The van der Waals surface area contributed by atoms with Gasteiger partial charge in [0.25, 0.3) is 0 Å². The molecule has 116 valence electrons. The van der Waals surface area contributed by atoms with Gasteiger partial charge >= 0.3 is 0 Å². The largest absolute Gasteiger partial charge is 0.330 e. The van der Waals surface area contributed by atoms with Gasteiger partial charge in [0.1, 0.15) is 0 Å². The lowest BCUT2D eigenvalue weighted by atomic mass is 10.1. The molecule has 0 bridgehead atoms. The van der Waals surface area contributed by atoms with Gasteiger partial charge in [0.15, 0.2) is 5.11 Å². The lowest BCUT2D eigenvalue weighted by molar-refractivity contribution is -0.119. The Bertz CT molecular complexity index is 474. The number of thiocarbonyl (C=S) groups is 1. The number of halogens is 2. The average molecular weight is 347 g/mol. The Morgan fingerprint density at radius 2 is 1.76 bits per heavy atom. The van der Waals surface area contributed by atoms with Crippen molar-refractivity contribution in [3.63, 3.8) is 0 Å². The van der Waals surface area contributed by atoms with E-state index in [1.165, 1.54) is 19.3 Å². The van der Waals surface area contributed by atoms with Crippen LogP contribution in [0.3, 0.4) is 0 Å². The van der Waals surface area contributed by atoms with Gasteiger partial charge in [-0.25, -0.2) is 0 Å². The van der Waals surface area contributed by atoms with E-state index in [0.29, 0.717) is 22.2 Å². The van der Waals surface area contributed by atoms with Crippen LogP contribution < -0.4 is 10.6 Å². The maximum atomic E-state index is 11.7. The number of rotatable bonds is 7. The summed E-state index contributed by atoms with van der Waals surface area (Å²) in [6.45, 7) is 2.16. The standard InChI is InChI=1S/C15H20Cl2N2OS/c1-2-3-4-5-6-10-13(20)18-15(21)19-14-11(16)8-7-9-12(14)17/h7-9H,2-6,10H2,1H3,(H2,18,19,20,21). The van der Waals surface area contributed by atoms with Gasteiger partial charge in [0.2, 0.25) is 5.91 Å². The van der Waals surface area contributed by atoms with E-state index in [2.05, 4.69) is 17.6 Å². The van der Waals surface area contributed by atoms with Gasteiger partial charge in [-0.05, 0) is 30.8 Å². The first-order valence-corrected chi connectivity index (χ1v) is 8.26. The molecule has 0 saturated carbocycles. The molecule has 0 radical (unpaired) electrons. The second-order valence-corrected chi connectivity index (χ2v) is 5.99. The first kappa shape index (κ1) is 18.2. The molecule has 1 aromatic carbocycles. The summed E-state index contributed by atoms with van der Waals surface area (Å²) in [5.74, 6) is -0.0906. The summed E-state index contributed by atoms with van der Waals surface area (Å²) in [7, 11) is 0. The molecule has 0 heterocycles. The minimum absolute atomic E-state index is 0.0906. The van der Waals surface area contributed by atoms with Crippen molar-refractivity contribution in [2.45, 2.75) is 45.4 Å². The number of carbonyl (C=O) groups is 1. The van der Waals surface area contributed by atoms with Gasteiger partial charge in [0.05, 0.1) is 15.7 Å². The van der Waals surface area contributed by atoms with Crippen LogP contribution in [0.1, 0.15) is 45.4 Å². The highest BCUT2D eigenvalue weighted by Crippen LogP contribution is 2.29. The van der Waals surface area contributed by atoms with Crippen LogP contribution in [0.25, 0.3) is 0 Å². The van der Waals surface area contributed by atoms with Crippen molar-refractivity contribution in [1.82, 2.24) is 5.32 Å². The monoisotopic (exact) mass is 346 g/mol. The second kappa shape index (κ2) is 9.98. The number of unbranched alkanes of at least 4 members (excludes halogenated alkanes) is 4. The fraction of sp³-hybridized carbons (Fsp3) is 0.467. The maximum Gasteiger partial charge on any atom is 0.226 e. The number of hydrogen-bond acceptors (Lipinski definition) is 2. The quantitative estimate of drug-likeness (QED) is 0.528. The highest BCUT2D eigenvalue weighted by atomic mass is 35.5. The third-order valence-corrected chi connectivity index (χ3v) is 3.80. The molecular formula is C15H20Cl2N2OS. The van der Waals surface area contributed by atoms with Crippen molar-refractivity contribution in [2.75, 3.05) is 5.32 Å². The lowest BCUT2D eigenvalue weighted by Gasteiger charge is -2.12. The summed E-state index contributed by atoms with van der Waals surface area (Å²) in [6.07, 6.45) is 5.99. The first-order valence-electron chi connectivity index (χ1n) is 7.09. The third kappa shape index (κ3) is 7.11. The average Bonchev–Trinajstić information content (AvgIpc) is 2.43. The molecule has 6 heteroatoms. The molecular weight excluding hydrogens is 327 g/mol. The number of amides is 1. The molecule has 2 N–H and O–H groups in total. The van der Waals surface area contributed by atoms with E-state index in [0.717, 1.165) is 12.8 Å². The SMILES string of the molecule is CCCCCCCC(=O)NC(=S)Nc1c(Cl)cccc1Cl. The molecule has 1 aromatic rings. The summed E-state index contributed by atoms with van der Waals surface area (Å²) in [5.41, 5.74) is 0.508. The molecule has 0 aliphatic heterocycles. The summed E-state index contributed by atoms with van der Waals surface area (Å²) >= 11 is 17.1. The third-order valence-electron chi connectivity index (χ3n) is 2.96. The summed E-state index contributed by atoms with van der Waals surface area (Å²) < 4.78 is 0. The van der Waals surface area contributed by atoms with Gasteiger partial charge in [-0.15, -0.1) is 0 Å². The second-order valence-electron chi connectivity index (χ2n) is 4.76. The highest BCUT2D eigenvalue weighted by Gasteiger charge is 2.09. The van der Waals surface area contributed by atoms with Crippen molar-refractivity contribution in [3.05, 3.63) is 28.2 Å². The Kier molecular flexibility index (Phi) is 8.66. The molecule has 0 spiro atoms. The minimum atomic E-state index is -0.0906. The molecule has 3 nitrogen and oxygen atoms in total. The lowest BCUT2D eigenvalue weighted by Crippen LogP contribution is -2.34. The van der Waals surface area contributed by atoms with E-state index in [9.17, 15) is 4.79 Å². The molecule has 21 heavy (non-hydrogen) atoms. The molecule has 1 rings (SSSR count). The van der Waals surface area contributed by atoms with Crippen LogP contribution in [0.5, 0.6) is 0 Å². The zero-order chi connectivity index (χ0) is 15.7. The van der Waals surface area contributed by atoms with Gasteiger partial charge < -0.3 is 10.6 Å². The fourth-order valence-electron chi connectivity index (χ4n) is 1.84. The highest BCUT2D eigenvalue weighted by molar-refractivity contribution is 7.80. The molecule has 0 unspecified atom stereocenters. The number of hydrogen-bond donors (Lipinski definition) is 2. The molecule has 0 aliphatic rings. The predicted molar refractivity (Wildman–Crippen MR) is 94.2 cm³/mol. The number of nitrogens with one attached hydrogen (secondary N) is 2. The Hall–Kier alpha value is -0.840. The van der Waals surface area contributed by atoms with Crippen molar-refractivity contribution >= 4 is 52.1 Å². The summed E-state index contributed by atoms with van der Waals surface area (Å²) in [5, 5.41) is 6.62. The van der Waals surface area contributed by atoms with Crippen LogP contribution in [0.4, 0.5) is 5.69 Å². The fourth-order valence-corrected chi connectivity index (χ4v) is 2.55. The van der Waals surface area contributed by atoms with E-state index in [-0.39, 0.29) is 11.0 Å². The molecule has 1 amide bonds. The van der Waals surface area contributed by atoms with Crippen LogP contribution in [0, 0.1) is 0 Å². The Morgan fingerprint density at radius 1 is 1.14 bits per heavy atom. The number of para-hydroxylation sites is 1. The maximum absolute atomic E-state index is 11.7. The summed E-state index contributed by atoms with van der Waals surface area (Å²) in [4.78, 5) is 11.7. The van der Waals surface area contributed by atoms with Crippen LogP contribution in [0.2, 0.25) is 10.0 Å².